The standard InChI is InChI=1S/C21H12O9/c1-10-15-8-11(2-4-13(15)19(24)29-10)17(22)27-6-7-28-18(23)12-3-5-14-16(9-12)21(26)30-20(14)25/h2-5,8-9H,1,6-7H2. The molecule has 2 aliphatic heterocycles. The van der Waals surface area contributed by atoms with Crippen LogP contribution in [0.1, 0.15) is 57.4 Å². The van der Waals surface area contributed by atoms with Gasteiger partial charge in [0.25, 0.3) is 0 Å². The number of benzene rings is 2. The van der Waals surface area contributed by atoms with Crippen molar-refractivity contribution in [2.75, 3.05) is 13.2 Å². The molecule has 0 N–H and O–H groups in total. The minimum absolute atomic E-state index is 0.0125. The molecule has 2 aromatic rings. The second-order valence-corrected chi connectivity index (χ2v) is 6.28. The van der Waals surface area contributed by atoms with Crippen molar-refractivity contribution in [2.24, 2.45) is 0 Å². The second kappa shape index (κ2) is 7.28. The van der Waals surface area contributed by atoms with E-state index in [2.05, 4.69) is 11.3 Å². The van der Waals surface area contributed by atoms with Gasteiger partial charge < -0.3 is 18.9 Å². The van der Waals surface area contributed by atoms with Crippen LogP contribution < -0.4 is 0 Å². The van der Waals surface area contributed by atoms with E-state index in [1.807, 2.05) is 0 Å². The average Bonchev–Trinajstić information content (AvgIpc) is 3.19. The van der Waals surface area contributed by atoms with Crippen molar-refractivity contribution in [3.8, 4) is 0 Å². The van der Waals surface area contributed by atoms with E-state index in [1.54, 1.807) is 0 Å². The van der Waals surface area contributed by atoms with Crippen molar-refractivity contribution in [1.82, 2.24) is 0 Å². The van der Waals surface area contributed by atoms with E-state index in [0.717, 1.165) is 0 Å². The molecule has 0 saturated heterocycles. The van der Waals surface area contributed by atoms with Crippen molar-refractivity contribution in [2.45, 2.75) is 0 Å². The highest BCUT2D eigenvalue weighted by atomic mass is 16.6. The number of esters is 5. The van der Waals surface area contributed by atoms with Crippen LogP contribution in [0, 0.1) is 0 Å². The lowest BCUT2D eigenvalue weighted by atomic mass is 10.0. The second-order valence-electron chi connectivity index (χ2n) is 6.28. The van der Waals surface area contributed by atoms with Crippen LogP contribution >= 0.6 is 0 Å². The fraction of sp³-hybridized carbons (Fsp3) is 0.0952. The molecule has 2 heterocycles. The number of fused-ring (bicyclic) bond motifs is 2. The van der Waals surface area contributed by atoms with Gasteiger partial charge in [0.1, 0.15) is 19.0 Å². The van der Waals surface area contributed by atoms with E-state index in [4.69, 9.17) is 14.2 Å². The van der Waals surface area contributed by atoms with Crippen molar-refractivity contribution in [3.63, 3.8) is 0 Å². The molecule has 30 heavy (non-hydrogen) atoms. The third kappa shape index (κ3) is 3.32. The number of carbonyl (C=O) groups excluding carboxylic acids is 5. The summed E-state index contributed by atoms with van der Waals surface area (Å²) in [5, 5.41) is 0. The highest BCUT2D eigenvalue weighted by molar-refractivity contribution is 6.15. The fourth-order valence-electron chi connectivity index (χ4n) is 2.95. The Hall–Kier alpha value is -4.27. The predicted octanol–water partition coefficient (Wildman–Crippen LogP) is 2.15. The van der Waals surface area contributed by atoms with Crippen molar-refractivity contribution < 1.29 is 42.9 Å². The zero-order valence-electron chi connectivity index (χ0n) is 15.3. The van der Waals surface area contributed by atoms with Crippen LogP contribution in [-0.2, 0) is 18.9 Å². The Morgan fingerprint density at radius 1 is 0.700 bits per heavy atom. The van der Waals surface area contributed by atoms with Gasteiger partial charge in [-0.1, -0.05) is 6.58 Å². The van der Waals surface area contributed by atoms with Crippen LogP contribution in [0.5, 0.6) is 0 Å². The van der Waals surface area contributed by atoms with E-state index in [9.17, 15) is 24.0 Å². The van der Waals surface area contributed by atoms with Gasteiger partial charge >= 0.3 is 29.8 Å². The molecule has 0 fully saturated rings. The number of rotatable bonds is 5. The van der Waals surface area contributed by atoms with Crippen molar-refractivity contribution in [1.29, 1.82) is 0 Å². The van der Waals surface area contributed by atoms with Crippen LogP contribution in [0.2, 0.25) is 0 Å². The molecule has 0 amide bonds. The summed E-state index contributed by atoms with van der Waals surface area (Å²) in [5.74, 6) is -3.43. The molecule has 9 heteroatoms. The molecule has 150 valence electrons. The summed E-state index contributed by atoms with van der Waals surface area (Å²) < 4.78 is 19.4. The third-order valence-electron chi connectivity index (χ3n) is 4.42. The Labute approximate surface area is 168 Å². The highest BCUT2D eigenvalue weighted by Gasteiger charge is 2.30. The molecule has 9 nitrogen and oxygen atoms in total. The van der Waals surface area contributed by atoms with Gasteiger partial charge in [-0.15, -0.1) is 0 Å². The molecule has 0 saturated carbocycles. The van der Waals surface area contributed by atoms with Gasteiger partial charge in [-0.3, -0.25) is 0 Å². The Morgan fingerprint density at radius 3 is 1.77 bits per heavy atom. The molecule has 0 bridgehead atoms. The lowest BCUT2D eigenvalue weighted by Gasteiger charge is -2.07. The van der Waals surface area contributed by atoms with Crippen LogP contribution in [0.4, 0.5) is 0 Å². The van der Waals surface area contributed by atoms with Crippen LogP contribution in [0.3, 0.4) is 0 Å². The molecule has 2 aliphatic rings. The highest BCUT2D eigenvalue weighted by Crippen LogP contribution is 2.29. The SMILES string of the molecule is C=C1OC(=O)c2ccc(C(=O)OCCOC(=O)c3ccc4c(c3)C(=O)OC4=O)cc21. The zero-order valence-corrected chi connectivity index (χ0v) is 15.3. The van der Waals surface area contributed by atoms with Crippen LogP contribution in [0.15, 0.2) is 43.0 Å². The molecule has 0 unspecified atom stereocenters. The summed E-state index contributed by atoms with van der Waals surface area (Å²) in [5.41, 5.74) is 1.02. The third-order valence-corrected chi connectivity index (χ3v) is 4.42. The normalized spacial score (nSPS) is 14.0. The molecular weight excluding hydrogens is 396 g/mol. The Kier molecular flexibility index (Phi) is 4.63. The Balaban J connectivity index is 1.31. The summed E-state index contributed by atoms with van der Waals surface area (Å²) in [4.78, 5) is 58.7. The lowest BCUT2D eigenvalue weighted by Crippen LogP contribution is -2.14. The van der Waals surface area contributed by atoms with Gasteiger partial charge in [0.2, 0.25) is 0 Å². The maximum absolute atomic E-state index is 12.1. The van der Waals surface area contributed by atoms with Gasteiger partial charge in [0, 0.05) is 5.56 Å². The summed E-state index contributed by atoms with van der Waals surface area (Å²) in [6, 6.07) is 8.12. The van der Waals surface area contributed by atoms with Gasteiger partial charge in [0.05, 0.1) is 27.8 Å². The first kappa shape index (κ1) is 19.1. The van der Waals surface area contributed by atoms with E-state index in [0.29, 0.717) is 11.1 Å². The maximum atomic E-state index is 12.1. The van der Waals surface area contributed by atoms with Gasteiger partial charge in [-0.05, 0) is 36.4 Å². The number of carbonyl (C=O) groups is 5. The number of ether oxygens (including phenoxy) is 4. The van der Waals surface area contributed by atoms with E-state index in [1.165, 1.54) is 36.4 Å². The topological polar surface area (TPSA) is 122 Å². The van der Waals surface area contributed by atoms with E-state index < -0.39 is 29.8 Å². The summed E-state index contributed by atoms with van der Waals surface area (Å²) >= 11 is 0. The molecule has 0 aromatic heterocycles. The largest absolute Gasteiger partial charge is 0.458 e. The molecule has 2 aromatic carbocycles. The van der Waals surface area contributed by atoms with Gasteiger partial charge in [-0.25, -0.2) is 24.0 Å². The monoisotopic (exact) mass is 408 g/mol. The smallest absolute Gasteiger partial charge is 0.346 e. The first-order valence-corrected chi connectivity index (χ1v) is 8.65. The number of hydrogen-bond acceptors (Lipinski definition) is 9. The minimum Gasteiger partial charge on any atom is -0.458 e. The van der Waals surface area contributed by atoms with Crippen molar-refractivity contribution in [3.05, 3.63) is 76.4 Å². The molecule has 0 spiro atoms. The Morgan fingerprint density at radius 2 is 1.17 bits per heavy atom. The van der Waals surface area contributed by atoms with E-state index >= 15 is 0 Å². The minimum atomic E-state index is -0.831. The maximum Gasteiger partial charge on any atom is 0.346 e. The van der Waals surface area contributed by atoms with Gasteiger partial charge in [-0.2, -0.15) is 0 Å². The van der Waals surface area contributed by atoms with E-state index in [-0.39, 0.29) is 41.2 Å². The first-order chi connectivity index (χ1) is 14.3. The fourth-order valence-corrected chi connectivity index (χ4v) is 2.95. The average molecular weight is 408 g/mol. The zero-order chi connectivity index (χ0) is 21.4. The Bertz CT molecular complexity index is 1070. The molecule has 0 radical (unpaired) electrons. The quantitative estimate of drug-likeness (QED) is 0.317. The number of cyclic esters (lactones) is 3. The first-order valence-electron chi connectivity index (χ1n) is 8.65. The number of hydrogen-bond donors (Lipinski definition) is 0. The van der Waals surface area contributed by atoms with Crippen molar-refractivity contribution >= 4 is 35.6 Å². The predicted molar refractivity (Wildman–Crippen MR) is 97.6 cm³/mol. The molecule has 0 atom stereocenters. The van der Waals surface area contributed by atoms with Crippen LogP contribution in [-0.4, -0.2) is 43.1 Å². The van der Waals surface area contributed by atoms with Crippen LogP contribution in [0.25, 0.3) is 5.76 Å². The molecule has 0 aliphatic carbocycles. The lowest BCUT2D eigenvalue weighted by molar-refractivity contribution is 0.0265. The molecule has 4 rings (SSSR count). The summed E-state index contributed by atoms with van der Waals surface area (Å²) in [6.45, 7) is 3.15. The summed E-state index contributed by atoms with van der Waals surface area (Å²) in [6.07, 6.45) is 0. The summed E-state index contributed by atoms with van der Waals surface area (Å²) in [7, 11) is 0. The van der Waals surface area contributed by atoms with Gasteiger partial charge in [0.15, 0.2) is 0 Å². The molecular formula is C21H12O9.